The summed E-state index contributed by atoms with van der Waals surface area (Å²) in [5, 5.41) is 23.6. The van der Waals surface area contributed by atoms with Gasteiger partial charge >= 0.3 is 5.97 Å². The molecule has 2 heterocycles. The highest BCUT2D eigenvalue weighted by Crippen LogP contribution is 2.36. The molecule has 0 radical (unpaired) electrons. The van der Waals surface area contributed by atoms with Crippen LogP contribution in [0, 0.1) is 10.1 Å². The minimum atomic E-state index is -1.21. The molecule has 0 aliphatic carbocycles. The van der Waals surface area contributed by atoms with E-state index in [9.17, 15) is 24.8 Å². The van der Waals surface area contributed by atoms with E-state index < -0.39 is 22.8 Å². The molecule has 14 heteroatoms. The average molecular weight is 533 g/mol. The number of nitro groups is 1. The third-order valence-corrected chi connectivity index (χ3v) is 5.90. The maximum Gasteiger partial charge on any atom is 0.327 e. The van der Waals surface area contributed by atoms with E-state index in [-0.39, 0.29) is 55.8 Å². The second-order valence-corrected chi connectivity index (χ2v) is 8.44. The van der Waals surface area contributed by atoms with Gasteiger partial charge in [0.2, 0.25) is 5.91 Å². The smallest absolute Gasteiger partial charge is 0.327 e. The first-order chi connectivity index (χ1) is 17.4. The Balaban J connectivity index is 2.08. The molecular formula is C22H32N2O11S. The highest BCUT2D eigenvalue weighted by molar-refractivity contribution is 7.98. The zero-order valence-corrected chi connectivity index (χ0v) is 20.9. The number of carboxylic acids is 1. The fraction of sp³-hybridized carbons (Fsp3) is 0.636. The molecule has 1 aromatic rings. The highest BCUT2D eigenvalue weighted by atomic mass is 32.2. The number of nitro benzene ring substituents is 1. The topological polar surface area (TPSA) is 165 Å². The molecule has 1 amide bonds. The van der Waals surface area contributed by atoms with Crippen LogP contribution in [0.3, 0.4) is 0 Å². The number of aliphatic carboxylic acids is 1. The number of benzene rings is 1. The third kappa shape index (κ3) is 11.0. The lowest BCUT2D eigenvalue weighted by Crippen LogP contribution is -2.42. The van der Waals surface area contributed by atoms with Crippen molar-refractivity contribution in [2.45, 2.75) is 18.2 Å². The van der Waals surface area contributed by atoms with E-state index in [1.807, 2.05) is 0 Å². The minimum Gasteiger partial charge on any atom is -0.493 e. The summed E-state index contributed by atoms with van der Waals surface area (Å²) in [5.41, 5.74) is 0.146. The molecule has 0 aromatic heterocycles. The van der Waals surface area contributed by atoms with Crippen LogP contribution in [-0.2, 0) is 34.3 Å². The standard InChI is InChI=1S/C22H32N2O11S/c1-30-19-12-16-14-36-15-17(22(26)27)23-21(25)2-3-31-4-5-32-6-7-33-8-9-34-10-11-35-20(19)13-18(16)24(28)29/h12-13,17H,2-11,14-15H2,1H3,(H,23,25)(H,26,27). The largest absolute Gasteiger partial charge is 0.493 e. The van der Waals surface area contributed by atoms with Crippen LogP contribution in [0.4, 0.5) is 5.69 Å². The first-order valence-electron chi connectivity index (χ1n) is 11.3. The summed E-state index contributed by atoms with van der Waals surface area (Å²) >= 11 is 1.14. The molecule has 0 fully saturated rings. The van der Waals surface area contributed by atoms with Gasteiger partial charge in [0.1, 0.15) is 12.6 Å². The van der Waals surface area contributed by atoms with Crippen molar-refractivity contribution in [2.75, 3.05) is 72.3 Å². The minimum absolute atomic E-state index is 0.00685. The number of carbonyl (C=O) groups excluding carboxylic acids is 1. The Morgan fingerprint density at radius 3 is 2.19 bits per heavy atom. The summed E-state index contributed by atoms with van der Waals surface area (Å²) in [6.07, 6.45) is -0.0122. The number of nitrogens with zero attached hydrogens (tertiary/aromatic N) is 1. The number of fused-ring (bicyclic) bond motifs is 22. The second kappa shape index (κ2) is 16.9. The number of carbonyl (C=O) groups is 2. The maximum absolute atomic E-state index is 12.1. The van der Waals surface area contributed by atoms with Crippen LogP contribution in [-0.4, -0.2) is 100 Å². The van der Waals surface area contributed by atoms with Crippen LogP contribution in [0.25, 0.3) is 0 Å². The molecule has 0 saturated carbocycles. The van der Waals surface area contributed by atoms with E-state index >= 15 is 0 Å². The molecule has 13 nitrogen and oxygen atoms in total. The Bertz CT molecular complexity index is 856. The summed E-state index contributed by atoms with van der Waals surface area (Å²) in [4.78, 5) is 34.8. The summed E-state index contributed by atoms with van der Waals surface area (Å²) in [6.45, 7) is 2.59. The van der Waals surface area contributed by atoms with Crippen LogP contribution in [0.5, 0.6) is 11.5 Å². The van der Waals surface area contributed by atoms with Crippen LogP contribution in [0.15, 0.2) is 12.1 Å². The Morgan fingerprint density at radius 2 is 1.64 bits per heavy atom. The van der Waals surface area contributed by atoms with Crippen molar-refractivity contribution < 1.29 is 48.0 Å². The molecule has 0 spiro atoms. The van der Waals surface area contributed by atoms with Gasteiger partial charge in [-0.15, -0.1) is 0 Å². The number of methoxy groups -OCH3 is 1. The zero-order valence-electron chi connectivity index (χ0n) is 20.1. The number of nitrogens with one attached hydrogen (secondary N) is 1. The number of thioether (sulfide) groups is 1. The molecular weight excluding hydrogens is 500 g/mol. The lowest BCUT2D eigenvalue weighted by atomic mass is 10.2. The molecule has 0 saturated heterocycles. The second-order valence-electron chi connectivity index (χ2n) is 7.41. The summed E-state index contributed by atoms with van der Waals surface area (Å²) in [7, 11) is 1.42. The third-order valence-electron chi connectivity index (χ3n) is 4.81. The number of rotatable bonds is 3. The number of ether oxygens (including phenoxy) is 6. The van der Waals surface area contributed by atoms with Crippen molar-refractivity contribution in [1.82, 2.24) is 5.32 Å². The van der Waals surface area contributed by atoms with Crippen molar-refractivity contribution in [3.63, 3.8) is 0 Å². The van der Waals surface area contributed by atoms with E-state index in [0.29, 0.717) is 44.3 Å². The predicted molar refractivity (Wildman–Crippen MR) is 129 cm³/mol. The number of carboxylic acid groups (broad SMARTS) is 1. The first kappa shape index (κ1) is 29.6. The maximum atomic E-state index is 12.1. The van der Waals surface area contributed by atoms with Crippen molar-refractivity contribution in [1.29, 1.82) is 0 Å². The Morgan fingerprint density at radius 1 is 1.06 bits per heavy atom. The van der Waals surface area contributed by atoms with Crippen LogP contribution in [0.2, 0.25) is 0 Å². The van der Waals surface area contributed by atoms with E-state index in [4.69, 9.17) is 28.4 Å². The zero-order chi connectivity index (χ0) is 26.2. The fourth-order valence-corrected chi connectivity index (χ4v) is 4.04. The molecule has 36 heavy (non-hydrogen) atoms. The van der Waals surface area contributed by atoms with Crippen LogP contribution >= 0.6 is 11.8 Å². The van der Waals surface area contributed by atoms with E-state index in [1.165, 1.54) is 19.2 Å². The van der Waals surface area contributed by atoms with E-state index in [1.54, 1.807) is 0 Å². The summed E-state index contributed by atoms with van der Waals surface area (Å²) in [5.74, 6) is -1.06. The predicted octanol–water partition coefficient (Wildman–Crippen LogP) is 1.25. The van der Waals surface area contributed by atoms with Gasteiger partial charge in [-0.2, -0.15) is 11.8 Å². The van der Waals surface area contributed by atoms with Gasteiger partial charge in [0.05, 0.1) is 71.0 Å². The number of amides is 1. The molecule has 2 bridgehead atoms. The van der Waals surface area contributed by atoms with Crippen molar-refractivity contribution in [3.8, 4) is 11.5 Å². The van der Waals surface area contributed by atoms with Gasteiger partial charge in [-0.25, -0.2) is 4.79 Å². The van der Waals surface area contributed by atoms with E-state index in [2.05, 4.69) is 5.32 Å². The van der Waals surface area contributed by atoms with E-state index in [0.717, 1.165) is 11.8 Å². The van der Waals surface area contributed by atoms with Crippen LogP contribution < -0.4 is 14.8 Å². The summed E-state index contributed by atoms with van der Waals surface area (Å²) in [6, 6.07) is 1.60. The van der Waals surface area contributed by atoms with Gasteiger partial charge in [0, 0.05) is 23.5 Å². The number of hydrogen-bond donors (Lipinski definition) is 2. The van der Waals surface area contributed by atoms with Crippen molar-refractivity contribution >= 4 is 29.3 Å². The monoisotopic (exact) mass is 532 g/mol. The van der Waals surface area contributed by atoms with Gasteiger partial charge in [-0.1, -0.05) is 0 Å². The van der Waals surface area contributed by atoms with Gasteiger partial charge in [0.15, 0.2) is 11.5 Å². The molecule has 1 aromatic carbocycles. The first-order valence-corrected chi connectivity index (χ1v) is 12.5. The van der Waals surface area contributed by atoms with Gasteiger partial charge < -0.3 is 38.8 Å². The Labute approximate surface area is 212 Å². The average Bonchev–Trinajstić information content (AvgIpc) is 2.85. The number of hydrogen-bond acceptors (Lipinski definition) is 11. The normalized spacial score (nSPS) is 20.2. The van der Waals surface area contributed by atoms with Crippen molar-refractivity contribution in [3.05, 3.63) is 27.8 Å². The summed E-state index contributed by atoms with van der Waals surface area (Å²) < 4.78 is 32.5. The fourth-order valence-electron chi connectivity index (χ4n) is 3.01. The van der Waals surface area contributed by atoms with Gasteiger partial charge in [-0.05, 0) is 6.07 Å². The van der Waals surface area contributed by atoms with Gasteiger partial charge in [-0.3, -0.25) is 14.9 Å². The highest BCUT2D eigenvalue weighted by Gasteiger charge is 2.23. The molecule has 2 aliphatic rings. The SMILES string of the molecule is COc1cc2c([N+](=O)[O-])cc1OCCOCCOCCOCCOCCC(=O)NC(C(=O)O)CSC2. The molecule has 2 N–H and O–H groups in total. The molecule has 2 aliphatic heterocycles. The lowest BCUT2D eigenvalue weighted by molar-refractivity contribution is -0.385. The Hall–Kier alpha value is -2.65. The van der Waals surface area contributed by atoms with Crippen LogP contribution in [0.1, 0.15) is 12.0 Å². The lowest BCUT2D eigenvalue weighted by Gasteiger charge is -2.15. The van der Waals surface area contributed by atoms with Gasteiger partial charge in [0.25, 0.3) is 5.69 Å². The molecule has 1 unspecified atom stereocenters. The van der Waals surface area contributed by atoms with Crippen molar-refractivity contribution in [2.24, 2.45) is 0 Å². The Kier molecular flexibility index (Phi) is 13.9. The quantitative estimate of drug-likeness (QED) is 0.326. The molecule has 1 atom stereocenters. The molecule has 3 rings (SSSR count). The molecule has 202 valence electrons.